The van der Waals surface area contributed by atoms with Crippen molar-refractivity contribution in [1.29, 1.82) is 0 Å². The number of ether oxygens (including phenoxy) is 2. The van der Waals surface area contributed by atoms with E-state index in [1.54, 1.807) is 0 Å². The van der Waals surface area contributed by atoms with E-state index in [0.717, 1.165) is 0 Å². The first-order chi connectivity index (χ1) is 3.65. The number of rotatable bonds is 1. The summed E-state index contributed by atoms with van der Waals surface area (Å²) < 4.78 is 32.0. The highest BCUT2D eigenvalue weighted by Gasteiger charge is 2.44. The molecule has 0 atom stereocenters. The molecule has 0 aromatic rings. The number of halogens is 2. The van der Waals surface area contributed by atoms with Gasteiger partial charge in [-0.25, -0.2) is 8.78 Å². The van der Waals surface area contributed by atoms with Gasteiger partial charge < -0.3 is 9.47 Å². The van der Waals surface area contributed by atoms with Crippen molar-refractivity contribution in [2.75, 3.05) is 6.79 Å². The fraction of sp³-hybridized carbons (Fsp3) is 1.00. The van der Waals surface area contributed by atoms with E-state index in [9.17, 15) is 8.78 Å². The maximum absolute atomic E-state index is 11.6. The molecule has 1 aliphatic heterocycles. The van der Waals surface area contributed by atoms with Crippen molar-refractivity contribution in [3.05, 3.63) is 0 Å². The molecule has 0 aromatic heterocycles. The Kier molecular flexibility index (Phi) is 1.21. The van der Waals surface area contributed by atoms with Gasteiger partial charge in [-0.3, -0.25) is 0 Å². The van der Waals surface area contributed by atoms with Crippen molar-refractivity contribution >= 4 is 0 Å². The number of hydrogen-bond donors (Lipinski definition) is 0. The zero-order chi connectivity index (χ0) is 6.20. The fourth-order valence-electron chi connectivity index (χ4n) is 0.371. The highest BCUT2D eigenvalue weighted by atomic mass is 19.3. The minimum absolute atomic E-state index is 0.0131. The largest absolute Gasteiger partial charge is 0.318 e. The van der Waals surface area contributed by atoms with Crippen molar-refractivity contribution < 1.29 is 18.3 Å². The summed E-state index contributed by atoms with van der Waals surface area (Å²) in [6, 6.07) is 0. The summed E-state index contributed by atoms with van der Waals surface area (Å²) >= 11 is 0. The third kappa shape index (κ3) is 0.695. The van der Waals surface area contributed by atoms with Crippen LogP contribution in [-0.2, 0) is 9.47 Å². The van der Waals surface area contributed by atoms with Crippen LogP contribution in [0.25, 0.3) is 0 Å². The molecule has 0 aromatic carbocycles. The van der Waals surface area contributed by atoms with Gasteiger partial charge in [0.15, 0.2) is 6.79 Å². The second-order valence-corrected chi connectivity index (χ2v) is 1.72. The van der Waals surface area contributed by atoms with Crippen molar-refractivity contribution in [2.45, 2.75) is 19.1 Å². The van der Waals surface area contributed by atoms with Crippen LogP contribution in [0, 0.1) is 0 Å². The van der Waals surface area contributed by atoms with Gasteiger partial charge in [-0.1, -0.05) is 0 Å². The fourth-order valence-corrected chi connectivity index (χ4v) is 0.371. The Labute approximate surface area is 45.4 Å². The summed E-state index contributed by atoms with van der Waals surface area (Å²) in [5.41, 5.74) is 0. The van der Waals surface area contributed by atoms with Crippen LogP contribution in [-0.4, -0.2) is 19.0 Å². The van der Waals surface area contributed by atoms with E-state index in [4.69, 9.17) is 0 Å². The SMILES string of the molecule is CC1(C(F)F)OCO1. The zero-order valence-electron chi connectivity index (χ0n) is 4.36. The summed E-state index contributed by atoms with van der Waals surface area (Å²) in [4.78, 5) is 0. The molecule has 1 fully saturated rings. The van der Waals surface area contributed by atoms with Gasteiger partial charge in [0.2, 0.25) is 5.79 Å². The van der Waals surface area contributed by atoms with Crippen molar-refractivity contribution in [3.63, 3.8) is 0 Å². The van der Waals surface area contributed by atoms with Gasteiger partial charge in [0, 0.05) is 0 Å². The van der Waals surface area contributed by atoms with Crippen LogP contribution in [0.15, 0.2) is 0 Å². The zero-order valence-corrected chi connectivity index (χ0v) is 4.36. The van der Waals surface area contributed by atoms with Crippen molar-refractivity contribution in [1.82, 2.24) is 0 Å². The lowest BCUT2D eigenvalue weighted by atomic mass is 10.3. The normalized spacial score (nSPS) is 25.5. The molecule has 0 N–H and O–H groups in total. The Hall–Kier alpha value is -0.220. The summed E-state index contributed by atoms with van der Waals surface area (Å²) in [5, 5.41) is 0. The first kappa shape index (κ1) is 5.91. The Bertz CT molecular complexity index is 90.0. The standard InChI is InChI=1S/C4H6F2O2/c1-4(3(5)6)7-2-8-4/h3H,2H2,1H3. The second kappa shape index (κ2) is 1.63. The highest BCUT2D eigenvalue weighted by Crippen LogP contribution is 2.28. The molecule has 1 aliphatic rings. The van der Waals surface area contributed by atoms with Crippen molar-refractivity contribution in [2.24, 2.45) is 0 Å². The van der Waals surface area contributed by atoms with Crippen LogP contribution in [0.1, 0.15) is 6.92 Å². The predicted molar refractivity (Wildman–Crippen MR) is 21.4 cm³/mol. The molecule has 0 saturated carbocycles. The first-order valence-electron chi connectivity index (χ1n) is 2.21. The van der Waals surface area contributed by atoms with E-state index in [2.05, 4.69) is 9.47 Å². The van der Waals surface area contributed by atoms with E-state index in [0.29, 0.717) is 0 Å². The average molecular weight is 124 g/mol. The van der Waals surface area contributed by atoms with Crippen LogP contribution in [0.5, 0.6) is 0 Å². The monoisotopic (exact) mass is 124 g/mol. The van der Waals surface area contributed by atoms with Crippen LogP contribution >= 0.6 is 0 Å². The van der Waals surface area contributed by atoms with Gasteiger partial charge in [0.1, 0.15) is 0 Å². The average Bonchev–Trinajstić information content (AvgIpc) is 1.60. The lowest BCUT2D eigenvalue weighted by molar-refractivity contribution is -0.423. The Morgan fingerprint density at radius 3 is 2.00 bits per heavy atom. The molecule has 1 saturated heterocycles. The lowest BCUT2D eigenvalue weighted by Gasteiger charge is -2.36. The van der Waals surface area contributed by atoms with E-state index in [-0.39, 0.29) is 6.79 Å². The molecular weight excluding hydrogens is 118 g/mol. The molecule has 1 heterocycles. The van der Waals surface area contributed by atoms with Gasteiger partial charge in [-0.2, -0.15) is 0 Å². The van der Waals surface area contributed by atoms with Crippen molar-refractivity contribution in [3.8, 4) is 0 Å². The molecular formula is C4H6F2O2. The quantitative estimate of drug-likeness (QED) is 0.518. The molecule has 0 amide bonds. The molecule has 2 nitrogen and oxygen atoms in total. The van der Waals surface area contributed by atoms with E-state index in [1.807, 2.05) is 0 Å². The topological polar surface area (TPSA) is 18.5 Å². The van der Waals surface area contributed by atoms with Gasteiger partial charge >= 0.3 is 0 Å². The van der Waals surface area contributed by atoms with Gasteiger partial charge in [0.05, 0.1) is 0 Å². The molecule has 8 heavy (non-hydrogen) atoms. The Morgan fingerprint density at radius 2 is 2.00 bits per heavy atom. The molecule has 48 valence electrons. The number of alkyl halides is 2. The molecule has 0 unspecified atom stereocenters. The number of hydrogen-bond acceptors (Lipinski definition) is 2. The molecule has 0 bridgehead atoms. The molecule has 0 spiro atoms. The minimum atomic E-state index is -2.55. The van der Waals surface area contributed by atoms with Gasteiger partial charge in [0.25, 0.3) is 6.43 Å². The maximum atomic E-state index is 11.6. The second-order valence-electron chi connectivity index (χ2n) is 1.72. The molecule has 0 radical (unpaired) electrons. The summed E-state index contributed by atoms with van der Waals surface area (Å²) in [5.74, 6) is -1.61. The van der Waals surface area contributed by atoms with E-state index < -0.39 is 12.2 Å². The van der Waals surface area contributed by atoms with Gasteiger partial charge in [-0.05, 0) is 6.92 Å². The van der Waals surface area contributed by atoms with Crippen LogP contribution in [0.2, 0.25) is 0 Å². The molecule has 4 heteroatoms. The third-order valence-electron chi connectivity index (χ3n) is 1.09. The lowest BCUT2D eigenvalue weighted by Crippen LogP contribution is -2.49. The van der Waals surface area contributed by atoms with Gasteiger partial charge in [-0.15, -0.1) is 0 Å². The van der Waals surface area contributed by atoms with E-state index in [1.165, 1.54) is 6.92 Å². The minimum Gasteiger partial charge on any atom is -0.318 e. The summed E-state index contributed by atoms with van der Waals surface area (Å²) in [7, 11) is 0. The summed E-state index contributed by atoms with van der Waals surface area (Å²) in [6.45, 7) is 1.20. The smallest absolute Gasteiger partial charge is 0.291 e. The third-order valence-corrected chi connectivity index (χ3v) is 1.09. The first-order valence-corrected chi connectivity index (χ1v) is 2.21. The maximum Gasteiger partial charge on any atom is 0.291 e. The Balaban J connectivity index is 2.41. The predicted octanol–water partition coefficient (Wildman–Crippen LogP) is 0.972. The van der Waals surface area contributed by atoms with E-state index >= 15 is 0 Å². The van der Waals surface area contributed by atoms with Crippen LogP contribution in [0.3, 0.4) is 0 Å². The summed E-state index contributed by atoms with van der Waals surface area (Å²) in [6.07, 6.45) is -2.55. The highest BCUT2D eigenvalue weighted by molar-refractivity contribution is 4.69. The molecule has 0 aliphatic carbocycles. The van der Waals surface area contributed by atoms with Crippen LogP contribution in [0.4, 0.5) is 8.78 Å². The molecule has 1 rings (SSSR count). The Morgan fingerprint density at radius 1 is 1.50 bits per heavy atom. The van der Waals surface area contributed by atoms with Crippen LogP contribution < -0.4 is 0 Å².